The molecule has 0 aromatic carbocycles. The summed E-state index contributed by atoms with van der Waals surface area (Å²) >= 11 is 6.25. The summed E-state index contributed by atoms with van der Waals surface area (Å²) in [5.74, 6) is 6.28. The van der Waals surface area contributed by atoms with Crippen molar-refractivity contribution in [3.05, 3.63) is 16.9 Å². The highest BCUT2D eigenvalue weighted by Crippen LogP contribution is 2.40. The molecule has 2 unspecified atom stereocenters. The van der Waals surface area contributed by atoms with E-state index in [2.05, 4.69) is 17.4 Å². The normalized spacial score (nSPS) is 18.9. The molecule has 3 N–H and O–H groups in total. The summed E-state index contributed by atoms with van der Waals surface area (Å²) in [6.45, 7) is 2.94. The molecule has 0 radical (unpaired) electrons. The van der Waals surface area contributed by atoms with Crippen LogP contribution in [0.3, 0.4) is 0 Å². The molecular formula is C12H21ClN4O. The van der Waals surface area contributed by atoms with Gasteiger partial charge >= 0.3 is 0 Å². The fourth-order valence-electron chi connectivity index (χ4n) is 2.43. The maximum atomic E-state index is 6.25. The van der Waals surface area contributed by atoms with Gasteiger partial charge in [0.05, 0.1) is 29.1 Å². The number of ether oxygens (including phenoxy) is 1. The fraction of sp³-hybridized carbons (Fsp3) is 0.750. The molecule has 5 nitrogen and oxygen atoms in total. The fourth-order valence-corrected chi connectivity index (χ4v) is 2.68. The van der Waals surface area contributed by atoms with Crippen molar-refractivity contribution in [2.45, 2.75) is 44.9 Å². The van der Waals surface area contributed by atoms with E-state index in [-0.39, 0.29) is 12.1 Å². The summed E-state index contributed by atoms with van der Waals surface area (Å²) in [5, 5.41) is 4.95. The van der Waals surface area contributed by atoms with Crippen LogP contribution in [-0.4, -0.2) is 23.0 Å². The lowest BCUT2D eigenvalue weighted by molar-refractivity contribution is 0.0479. The molecule has 6 heteroatoms. The first-order chi connectivity index (χ1) is 8.72. The van der Waals surface area contributed by atoms with Crippen LogP contribution in [0.5, 0.6) is 0 Å². The number of aryl methyl sites for hydroxylation is 1. The monoisotopic (exact) mass is 272 g/mol. The van der Waals surface area contributed by atoms with Gasteiger partial charge in [-0.2, -0.15) is 5.10 Å². The van der Waals surface area contributed by atoms with E-state index in [1.807, 2.05) is 4.68 Å². The smallest absolute Gasteiger partial charge is 0.0908 e. The van der Waals surface area contributed by atoms with E-state index in [1.165, 1.54) is 12.8 Å². The second kappa shape index (κ2) is 6.02. The first-order valence-electron chi connectivity index (χ1n) is 6.43. The molecule has 0 bridgehead atoms. The maximum Gasteiger partial charge on any atom is 0.0908 e. The molecule has 2 rings (SSSR count). The average molecular weight is 273 g/mol. The van der Waals surface area contributed by atoms with Crippen LogP contribution in [0.2, 0.25) is 5.02 Å². The number of hydrogen-bond donors (Lipinski definition) is 2. The van der Waals surface area contributed by atoms with Crippen molar-refractivity contribution in [2.24, 2.45) is 11.8 Å². The molecule has 0 spiro atoms. The molecule has 1 aromatic rings. The number of aromatic nitrogens is 2. The number of methoxy groups -OCH3 is 1. The van der Waals surface area contributed by atoms with E-state index in [0.29, 0.717) is 10.9 Å². The number of halogens is 1. The Labute approximate surface area is 113 Å². The number of nitrogens with one attached hydrogen (secondary N) is 1. The predicted octanol–water partition coefficient (Wildman–Crippen LogP) is 1.88. The summed E-state index contributed by atoms with van der Waals surface area (Å²) in [7, 11) is 1.72. The van der Waals surface area contributed by atoms with Crippen LogP contribution in [0.25, 0.3) is 0 Å². The minimum absolute atomic E-state index is 0.0554. The number of rotatable bonds is 7. The maximum absolute atomic E-state index is 6.25. The second-order valence-electron chi connectivity index (χ2n) is 4.78. The standard InChI is InChI=1S/C12H21ClN4O/c1-3-6-17-11(9(13)7-15-17)10(16-14)12(18-2)8-4-5-8/h7-8,10,12,16H,3-6,14H2,1-2H3. The number of hydrazine groups is 1. The molecule has 1 heterocycles. The van der Waals surface area contributed by atoms with Crippen LogP contribution in [0.4, 0.5) is 0 Å². The molecule has 1 fully saturated rings. The zero-order valence-electron chi connectivity index (χ0n) is 10.9. The highest BCUT2D eigenvalue weighted by atomic mass is 35.5. The van der Waals surface area contributed by atoms with Gasteiger partial charge in [0.1, 0.15) is 0 Å². The molecule has 0 amide bonds. The van der Waals surface area contributed by atoms with Gasteiger partial charge in [-0.1, -0.05) is 18.5 Å². The summed E-state index contributed by atoms with van der Waals surface area (Å²) < 4.78 is 7.51. The Morgan fingerprint density at radius 3 is 2.89 bits per heavy atom. The highest BCUT2D eigenvalue weighted by molar-refractivity contribution is 6.31. The van der Waals surface area contributed by atoms with Crippen molar-refractivity contribution in [1.82, 2.24) is 15.2 Å². The summed E-state index contributed by atoms with van der Waals surface area (Å²) in [6, 6.07) is -0.107. The van der Waals surface area contributed by atoms with E-state index in [9.17, 15) is 0 Å². The van der Waals surface area contributed by atoms with Gasteiger partial charge in [-0.25, -0.2) is 5.43 Å². The first-order valence-corrected chi connectivity index (χ1v) is 6.80. The van der Waals surface area contributed by atoms with Crippen LogP contribution in [0.15, 0.2) is 6.20 Å². The average Bonchev–Trinajstić information content (AvgIpc) is 3.14. The van der Waals surface area contributed by atoms with Crippen molar-refractivity contribution in [3.8, 4) is 0 Å². The Morgan fingerprint density at radius 2 is 2.39 bits per heavy atom. The Balaban J connectivity index is 2.27. The third-order valence-corrected chi connectivity index (χ3v) is 3.72. The molecule has 102 valence electrons. The highest BCUT2D eigenvalue weighted by Gasteiger charge is 2.39. The third kappa shape index (κ3) is 2.69. The van der Waals surface area contributed by atoms with Gasteiger partial charge in [0.2, 0.25) is 0 Å². The lowest BCUT2D eigenvalue weighted by Gasteiger charge is -2.26. The van der Waals surface area contributed by atoms with Crippen molar-refractivity contribution in [3.63, 3.8) is 0 Å². The summed E-state index contributed by atoms with van der Waals surface area (Å²) in [5.41, 5.74) is 3.78. The lowest BCUT2D eigenvalue weighted by atomic mass is 10.0. The molecule has 1 aromatic heterocycles. The molecule has 1 aliphatic rings. The molecule has 1 aliphatic carbocycles. The third-order valence-electron chi connectivity index (χ3n) is 3.43. The number of nitrogens with two attached hydrogens (primary N) is 1. The quantitative estimate of drug-likeness (QED) is 0.588. The van der Waals surface area contributed by atoms with Gasteiger partial charge in [0, 0.05) is 13.7 Å². The van der Waals surface area contributed by atoms with E-state index in [1.54, 1.807) is 13.3 Å². The van der Waals surface area contributed by atoms with Crippen molar-refractivity contribution >= 4 is 11.6 Å². The second-order valence-corrected chi connectivity index (χ2v) is 5.19. The molecular weight excluding hydrogens is 252 g/mol. The van der Waals surface area contributed by atoms with Gasteiger partial charge in [0.15, 0.2) is 0 Å². The predicted molar refractivity (Wildman–Crippen MR) is 71.1 cm³/mol. The van der Waals surface area contributed by atoms with Gasteiger partial charge < -0.3 is 4.74 Å². The first kappa shape index (κ1) is 13.8. The van der Waals surface area contributed by atoms with Gasteiger partial charge in [-0.3, -0.25) is 10.5 Å². The molecule has 1 saturated carbocycles. The Morgan fingerprint density at radius 1 is 1.67 bits per heavy atom. The minimum atomic E-state index is -0.107. The Hall–Kier alpha value is -0.620. The van der Waals surface area contributed by atoms with Gasteiger partial charge in [-0.15, -0.1) is 0 Å². The van der Waals surface area contributed by atoms with Crippen molar-refractivity contribution < 1.29 is 4.74 Å². The van der Waals surface area contributed by atoms with Crippen LogP contribution >= 0.6 is 11.6 Å². The Bertz CT molecular complexity index is 391. The number of nitrogens with zero attached hydrogens (tertiary/aromatic N) is 2. The minimum Gasteiger partial charge on any atom is -0.379 e. The van der Waals surface area contributed by atoms with Gasteiger partial charge in [-0.05, 0) is 25.2 Å². The van der Waals surface area contributed by atoms with E-state index in [0.717, 1.165) is 18.7 Å². The van der Waals surface area contributed by atoms with Crippen molar-refractivity contribution in [2.75, 3.05) is 7.11 Å². The van der Waals surface area contributed by atoms with E-state index in [4.69, 9.17) is 22.2 Å². The summed E-state index contributed by atoms with van der Waals surface area (Å²) in [4.78, 5) is 0. The summed E-state index contributed by atoms with van der Waals surface area (Å²) in [6.07, 6.45) is 5.12. The topological polar surface area (TPSA) is 65.1 Å². The van der Waals surface area contributed by atoms with Crippen LogP contribution < -0.4 is 11.3 Å². The lowest BCUT2D eigenvalue weighted by Crippen LogP contribution is -2.40. The molecule has 0 aliphatic heterocycles. The van der Waals surface area contributed by atoms with Crippen LogP contribution in [-0.2, 0) is 11.3 Å². The number of hydrogen-bond acceptors (Lipinski definition) is 4. The zero-order chi connectivity index (χ0) is 13.1. The van der Waals surface area contributed by atoms with Crippen molar-refractivity contribution in [1.29, 1.82) is 0 Å². The zero-order valence-corrected chi connectivity index (χ0v) is 11.7. The largest absolute Gasteiger partial charge is 0.379 e. The van der Waals surface area contributed by atoms with Gasteiger partial charge in [0.25, 0.3) is 0 Å². The molecule has 0 saturated heterocycles. The van der Waals surface area contributed by atoms with E-state index < -0.39 is 0 Å². The van der Waals surface area contributed by atoms with Crippen LogP contribution in [0, 0.1) is 5.92 Å². The molecule has 18 heavy (non-hydrogen) atoms. The van der Waals surface area contributed by atoms with Crippen LogP contribution in [0.1, 0.15) is 37.9 Å². The SMILES string of the molecule is CCCn1ncc(Cl)c1C(NN)C(OC)C1CC1. The molecule has 2 atom stereocenters. The Kier molecular flexibility index (Phi) is 4.61. The van der Waals surface area contributed by atoms with E-state index >= 15 is 0 Å².